The van der Waals surface area contributed by atoms with E-state index < -0.39 is 96.6 Å². The number of carbonyl (C=O) groups is 2. The van der Waals surface area contributed by atoms with Gasteiger partial charge in [0, 0.05) is 17.8 Å². The van der Waals surface area contributed by atoms with E-state index in [4.69, 9.17) is 22.4 Å². The SMILES string of the molecule is CC(C)[Si]1(C(C)C)OC(C(=O)c2ccccc2)[C@H]2O[C@@H](n3ccc(=O)[nH]c3=O)[C@H](OCCC(=O)OCC(F)(F)F)[C@@H]2O[Si](C(C)C)(C(C)C)O1. The fourth-order valence-corrected chi connectivity index (χ4v) is 17.9. The van der Waals surface area contributed by atoms with Crippen LogP contribution in [0.15, 0.2) is 52.2 Å². The molecular weight excluding hydrogens is 698 g/mol. The van der Waals surface area contributed by atoms with Gasteiger partial charge in [0.15, 0.2) is 18.6 Å². The summed E-state index contributed by atoms with van der Waals surface area (Å²) in [4.78, 5) is 54.1. The van der Waals surface area contributed by atoms with Crippen molar-refractivity contribution in [2.45, 2.75) is 121 Å². The zero-order valence-electron chi connectivity index (χ0n) is 29.5. The van der Waals surface area contributed by atoms with Gasteiger partial charge in [-0.1, -0.05) is 85.7 Å². The van der Waals surface area contributed by atoms with E-state index in [1.54, 1.807) is 30.3 Å². The summed E-state index contributed by atoms with van der Waals surface area (Å²) >= 11 is 0. The number of hydrogen-bond acceptors (Lipinski definition) is 10. The van der Waals surface area contributed by atoms with Crippen molar-refractivity contribution in [3.63, 3.8) is 0 Å². The van der Waals surface area contributed by atoms with Crippen LogP contribution in [0.5, 0.6) is 0 Å². The number of Topliss-reactive ketones (excluding diaryl/α,β-unsaturated/α-hetero) is 1. The van der Waals surface area contributed by atoms with Crippen LogP contribution in [0.1, 0.15) is 78.4 Å². The minimum absolute atomic E-state index is 0.146. The molecule has 0 amide bonds. The first kappa shape index (κ1) is 39.8. The molecule has 2 fully saturated rings. The average molecular weight is 745 g/mol. The standard InChI is InChI=1S/C33H47F3N2O10Si2/c1-19(2)49(20(3)4)46-27(26(41)23-12-10-9-11-13-23)28-29(47-50(48-49,21(5)6)22(7)8)30(43-17-15-25(40)44-18-33(34,35)36)31(45-28)38-16-14-24(39)37-32(38)42/h9-14,16,19-22,27-31H,15,17-18H2,1-8H3,(H,37,39,42)/t27?,28-,29-,30-,31-/m1/s1. The topological polar surface area (TPSA) is 144 Å². The molecule has 2 aliphatic heterocycles. The highest BCUT2D eigenvalue weighted by Crippen LogP contribution is 2.50. The molecule has 4 rings (SSSR count). The van der Waals surface area contributed by atoms with Gasteiger partial charge >= 0.3 is 35.0 Å². The number of hydrogen-bond donors (Lipinski definition) is 1. The minimum Gasteiger partial charge on any atom is -0.456 e. The number of fused-ring (bicyclic) bond motifs is 1. The lowest BCUT2D eigenvalue weighted by Crippen LogP contribution is -2.68. The summed E-state index contributed by atoms with van der Waals surface area (Å²) < 4.78 is 77.9. The number of nitrogens with zero attached hydrogens (tertiary/aromatic N) is 1. The Morgan fingerprint density at radius 1 is 0.880 bits per heavy atom. The van der Waals surface area contributed by atoms with Crippen LogP contribution in [0.2, 0.25) is 22.2 Å². The number of ketones is 1. The maximum atomic E-state index is 14.5. The predicted molar refractivity (Wildman–Crippen MR) is 180 cm³/mol. The number of aromatic nitrogens is 2. The summed E-state index contributed by atoms with van der Waals surface area (Å²) in [5.41, 5.74) is -1.79. The van der Waals surface area contributed by atoms with Gasteiger partial charge in [0.25, 0.3) is 5.56 Å². The largest absolute Gasteiger partial charge is 0.456 e. The van der Waals surface area contributed by atoms with Gasteiger partial charge in [0.2, 0.25) is 0 Å². The fourth-order valence-electron chi connectivity index (χ4n) is 6.68. The van der Waals surface area contributed by atoms with Crippen LogP contribution in [0.3, 0.4) is 0 Å². The third kappa shape index (κ3) is 8.40. The zero-order valence-corrected chi connectivity index (χ0v) is 31.5. The van der Waals surface area contributed by atoms with Crippen molar-refractivity contribution in [3.8, 4) is 0 Å². The first-order valence-corrected chi connectivity index (χ1v) is 20.7. The summed E-state index contributed by atoms with van der Waals surface area (Å²) in [5, 5.41) is 0. The monoisotopic (exact) mass is 744 g/mol. The number of nitrogens with one attached hydrogen (secondary N) is 1. The Labute approximate surface area is 291 Å². The Hall–Kier alpha value is -2.94. The van der Waals surface area contributed by atoms with Crippen LogP contribution in [0, 0.1) is 0 Å². The lowest BCUT2D eigenvalue weighted by atomic mass is 9.98. The Morgan fingerprint density at radius 2 is 1.46 bits per heavy atom. The van der Waals surface area contributed by atoms with Crippen molar-refractivity contribution in [2.75, 3.05) is 13.2 Å². The van der Waals surface area contributed by atoms with E-state index in [1.165, 1.54) is 6.20 Å². The number of aromatic amines is 1. The molecule has 0 saturated carbocycles. The highest BCUT2D eigenvalue weighted by Gasteiger charge is 2.65. The van der Waals surface area contributed by atoms with Crippen molar-refractivity contribution in [3.05, 3.63) is 69.0 Å². The molecule has 0 spiro atoms. The smallest absolute Gasteiger partial charge is 0.422 e. The van der Waals surface area contributed by atoms with Crippen molar-refractivity contribution in [1.82, 2.24) is 9.55 Å². The van der Waals surface area contributed by atoms with Gasteiger partial charge in [0.1, 0.15) is 24.4 Å². The highest BCUT2D eigenvalue weighted by molar-refractivity contribution is 6.84. The van der Waals surface area contributed by atoms with Gasteiger partial charge in [0.05, 0.1) is 13.0 Å². The fraction of sp³-hybridized carbons (Fsp3) is 0.636. The lowest BCUT2D eigenvalue weighted by molar-refractivity contribution is -0.187. The first-order valence-electron chi connectivity index (χ1n) is 16.8. The van der Waals surface area contributed by atoms with Crippen LogP contribution < -0.4 is 11.2 Å². The molecule has 17 heteroatoms. The predicted octanol–water partition coefficient (Wildman–Crippen LogP) is 5.52. The molecule has 278 valence electrons. The Bertz CT molecular complexity index is 1580. The summed E-state index contributed by atoms with van der Waals surface area (Å²) in [6.07, 6.45) is -10.2. The number of ether oxygens (including phenoxy) is 3. The van der Waals surface area contributed by atoms with E-state index in [2.05, 4.69) is 9.72 Å². The van der Waals surface area contributed by atoms with E-state index >= 15 is 0 Å². The molecular formula is C33H47F3N2O10Si2. The van der Waals surface area contributed by atoms with Crippen molar-refractivity contribution < 1.29 is 49.9 Å². The first-order chi connectivity index (χ1) is 23.3. The van der Waals surface area contributed by atoms with Gasteiger partial charge in [-0.15, -0.1) is 0 Å². The number of carbonyl (C=O) groups excluding carboxylic acids is 2. The number of halogens is 3. The zero-order chi connectivity index (χ0) is 37.2. The molecule has 50 heavy (non-hydrogen) atoms. The summed E-state index contributed by atoms with van der Waals surface area (Å²) in [6, 6.07) is 9.61. The molecule has 1 aromatic heterocycles. The van der Waals surface area contributed by atoms with E-state index in [9.17, 15) is 32.3 Å². The van der Waals surface area contributed by atoms with Crippen LogP contribution in [-0.4, -0.2) is 82.2 Å². The molecule has 0 aliphatic carbocycles. The van der Waals surface area contributed by atoms with Gasteiger partial charge in [-0.05, 0) is 22.2 Å². The number of rotatable bonds is 12. The second-order valence-corrected chi connectivity index (χ2v) is 22.7. The van der Waals surface area contributed by atoms with E-state index in [0.29, 0.717) is 5.56 Å². The van der Waals surface area contributed by atoms with Crippen molar-refractivity contribution >= 4 is 28.9 Å². The van der Waals surface area contributed by atoms with Crippen LogP contribution in [-0.2, 0) is 32.0 Å². The van der Waals surface area contributed by atoms with Crippen LogP contribution in [0.4, 0.5) is 13.2 Å². The third-order valence-electron chi connectivity index (χ3n) is 9.15. The molecule has 2 aliphatic rings. The number of H-pyrrole nitrogens is 1. The second-order valence-electron chi connectivity index (χ2n) is 13.9. The molecule has 2 saturated heterocycles. The van der Waals surface area contributed by atoms with Crippen LogP contribution >= 0.6 is 0 Å². The second kappa shape index (κ2) is 15.8. The van der Waals surface area contributed by atoms with Crippen molar-refractivity contribution in [1.29, 1.82) is 0 Å². The van der Waals surface area contributed by atoms with E-state index in [0.717, 1.165) is 10.6 Å². The van der Waals surface area contributed by atoms with E-state index in [1.807, 2.05) is 55.4 Å². The maximum Gasteiger partial charge on any atom is 0.422 e. The Balaban J connectivity index is 1.90. The minimum atomic E-state index is -4.71. The number of esters is 1. The van der Waals surface area contributed by atoms with Crippen molar-refractivity contribution in [2.24, 2.45) is 0 Å². The van der Waals surface area contributed by atoms with Crippen LogP contribution in [0.25, 0.3) is 0 Å². The van der Waals surface area contributed by atoms with Gasteiger partial charge < -0.3 is 27.2 Å². The lowest BCUT2D eigenvalue weighted by Gasteiger charge is -2.53. The quantitative estimate of drug-likeness (QED) is 0.168. The number of alkyl halides is 3. The normalized spacial score (nSPS) is 25.1. The molecule has 12 nitrogen and oxygen atoms in total. The molecule has 5 atom stereocenters. The number of benzene rings is 1. The summed E-state index contributed by atoms with van der Waals surface area (Å²) in [5.74, 6) is -1.58. The molecule has 2 aromatic rings. The molecule has 0 radical (unpaired) electrons. The van der Waals surface area contributed by atoms with Gasteiger partial charge in [-0.25, -0.2) is 4.79 Å². The summed E-state index contributed by atoms with van der Waals surface area (Å²) in [6.45, 7) is 13.7. The Morgan fingerprint density at radius 3 is 2.00 bits per heavy atom. The molecule has 1 unspecified atom stereocenters. The highest BCUT2D eigenvalue weighted by atomic mass is 28.5. The summed E-state index contributed by atoms with van der Waals surface area (Å²) in [7, 11) is -6.78. The maximum absolute atomic E-state index is 14.5. The molecule has 1 aromatic carbocycles. The third-order valence-corrected chi connectivity index (χ3v) is 19.4. The van der Waals surface area contributed by atoms with Gasteiger partial charge in [-0.2, -0.15) is 13.2 Å². The average Bonchev–Trinajstić information content (AvgIpc) is 3.35. The Kier molecular flexibility index (Phi) is 12.6. The molecule has 1 N–H and O–H groups in total. The molecule has 3 heterocycles. The van der Waals surface area contributed by atoms with E-state index in [-0.39, 0.29) is 22.2 Å². The van der Waals surface area contributed by atoms with Gasteiger partial charge in [-0.3, -0.25) is 23.9 Å². The molecule has 0 bridgehead atoms.